The Hall–Kier alpha value is -0.370. The first-order valence-corrected chi connectivity index (χ1v) is 6.99. The lowest BCUT2D eigenvalue weighted by Crippen LogP contribution is -2.41. The van der Waals surface area contributed by atoms with E-state index in [1.807, 2.05) is 0 Å². The molecule has 1 aliphatic heterocycles. The zero-order chi connectivity index (χ0) is 11.8. The molecule has 2 heteroatoms. The highest BCUT2D eigenvalue weighted by molar-refractivity contribution is 5.79. The molecule has 0 amide bonds. The first-order chi connectivity index (χ1) is 7.74. The molecule has 0 aromatic carbocycles. The first-order valence-electron chi connectivity index (χ1n) is 6.99. The van der Waals surface area contributed by atoms with Gasteiger partial charge < -0.3 is 0 Å². The molecule has 0 aromatic rings. The largest absolute Gasteiger partial charge is 0.300 e. The van der Waals surface area contributed by atoms with Gasteiger partial charge in [0.1, 0.15) is 5.78 Å². The quantitative estimate of drug-likeness (QED) is 0.619. The molecule has 16 heavy (non-hydrogen) atoms. The van der Waals surface area contributed by atoms with Crippen LogP contribution in [0.15, 0.2) is 0 Å². The molecule has 0 bridgehead atoms. The number of hydrogen-bond acceptors (Lipinski definition) is 2. The zero-order valence-electron chi connectivity index (χ0n) is 11.0. The molecule has 2 nitrogen and oxygen atoms in total. The molecule has 0 aliphatic carbocycles. The topological polar surface area (TPSA) is 20.3 Å². The lowest BCUT2D eigenvalue weighted by atomic mass is 10.0. The summed E-state index contributed by atoms with van der Waals surface area (Å²) in [6, 6.07) is 0.483. The van der Waals surface area contributed by atoms with Crippen LogP contribution >= 0.6 is 0 Å². The van der Waals surface area contributed by atoms with Crippen molar-refractivity contribution in [3.63, 3.8) is 0 Å². The van der Waals surface area contributed by atoms with Gasteiger partial charge in [-0.05, 0) is 19.9 Å². The first kappa shape index (κ1) is 13.7. The lowest BCUT2D eigenvalue weighted by Gasteiger charge is -2.32. The van der Waals surface area contributed by atoms with Crippen LogP contribution in [0.1, 0.15) is 65.2 Å². The normalized spacial score (nSPS) is 22.6. The van der Waals surface area contributed by atoms with Gasteiger partial charge in [-0.2, -0.15) is 0 Å². The maximum absolute atomic E-state index is 11.2. The lowest BCUT2D eigenvalue weighted by molar-refractivity contribution is -0.122. The maximum Gasteiger partial charge on any atom is 0.135 e. The fourth-order valence-electron chi connectivity index (χ4n) is 2.48. The maximum atomic E-state index is 11.2. The van der Waals surface area contributed by atoms with Crippen LogP contribution in [0.4, 0.5) is 0 Å². The number of rotatable bonds is 7. The van der Waals surface area contributed by atoms with Crippen LogP contribution in [0.25, 0.3) is 0 Å². The summed E-state index contributed by atoms with van der Waals surface area (Å²) < 4.78 is 0. The van der Waals surface area contributed by atoms with Crippen LogP contribution in [0.3, 0.4) is 0 Å². The van der Waals surface area contributed by atoms with Gasteiger partial charge in [0, 0.05) is 25.4 Å². The van der Waals surface area contributed by atoms with E-state index in [2.05, 4.69) is 18.7 Å². The van der Waals surface area contributed by atoms with E-state index in [4.69, 9.17) is 0 Å². The Labute approximate surface area is 100 Å². The Bertz CT molecular complexity index is 203. The zero-order valence-corrected chi connectivity index (χ0v) is 11.0. The molecule has 1 saturated heterocycles. The van der Waals surface area contributed by atoms with E-state index in [9.17, 15) is 4.79 Å². The Morgan fingerprint density at radius 3 is 2.56 bits per heavy atom. The minimum absolute atomic E-state index is 0.451. The number of carbonyl (C=O) groups excluding carboxylic acids is 1. The van der Waals surface area contributed by atoms with Crippen molar-refractivity contribution in [2.75, 3.05) is 13.1 Å². The van der Waals surface area contributed by atoms with Gasteiger partial charge in [0.05, 0.1) is 0 Å². The van der Waals surface area contributed by atoms with Gasteiger partial charge >= 0.3 is 0 Å². The van der Waals surface area contributed by atoms with Gasteiger partial charge in [0.25, 0.3) is 0 Å². The average molecular weight is 225 g/mol. The number of likely N-dealkylation sites (tertiary alicyclic amines) is 1. The van der Waals surface area contributed by atoms with Crippen LogP contribution in [0.2, 0.25) is 0 Å². The fraction of sp³-hybridized carbons (Fsp3) is 0.929. The summed E-state index contributed by atoms with van der Waals surface area (Å²) >= 11 is 0. The SMILES string of the molecule is CCCCCCCCN1CCC(=O)CC1C. The van der Waals surface area contributed by atoms with Crippen molar-refractivity contribution in [2.24, 2.45) is 0 Å². The van der Waals surface area contributed by atoms with Gasteiger partial charge in [-0.3, -0.25) is 9.69 Å². The Balaban J connectivity index is 2.02. The summed E-state index contributed by atoms with van der Waals surface area (Å²) in [4.78, 5) is 13.7. The van der Waals surface area contributed by atoms with Crippen molar-refractivity contribution in [3.8, 4) is 0 Å². The molecule has 0 aromatic heterocycles. The molecule has 1 aliphatic rings. The van der Waals surface area contributed by atoms with Gasteiger partial charge in [0.2, 0.25) is 0 Å². The molecular formula is C14H27NO. The molecule has 94 valence electrons. The third-order valence-corrected chi connectivity index (χ3v) is 3.62. The van der Waals surface area contributed by atoms with E-state index < -0.39 is 0 Å². The number of piperidine rings is 1. The second kappa shape index (κ2) is 7.83. The van der Waals surface area contributed by atoms with Crippen LogP contribution < -0.4 is 0 Å². The second-order valence-corrected chi connectivity index (χ2v) is 5.15. The molecule has 0 spiro atoms. The highest BCUT2D eigenvalue weighted by atomic mass is 16.1. The highest BCUT2D eigenvalue weighted by Crippen LogP contribution is 2.15. The van der Waals surface area contributed by atoms with Crippen LogP contribution in [-0.4, -0.2) is 29.8 Å². The second-order valence-electron chi connectivity index (χ2n) is 5.15. The van der Waals surface area contributed by atoms with E-state index in [-0.39, 0.29) is 0 Å². The Morgan fingerprint density at radius 1 is 1.19 bits per heavy atom. The number of ketones is 1. The molecular weight excluding hydrogens is 198 g/mol. The fourth-order valence-corrected chi connectivity index (χ4v) is 2.48. The van der Waals surface area contributed by atoms with Gasteiger partial charge in [-0.25, -0.2) is 0 Å². The number of hydrogen-bond donors (Lipinski definition) is 0. The van der Waals surface area contributed by atoms with Crippen LogP contribution in [0, 0.1) is 0 Å². The van der Waals surface area contributed by atoms with Crippen molar-refractivity contribution in [3.05, 3.63) is 0 Å². The van der Waals surface area contributed by atoms with Crippen molar-refractivity contribution in [1.82, 2.24) is 4.90 Å². The minimum Gasteiger partial charge on any atom is -0.300 e. The number of nitrogens with zero attached hydrogens (tertiary/aromatic N) is 1. The third-order valence-electron chi connectivity index (χ3n) is 3.62. The Kier molecular flexibility index (Phi) is 6.70. The smallest absolute Gasteiger partial charge is 0.135 e. The van der Waals surface area contributed by atoms with Crippen molar-refractivity contribution < 1.29 is 4.79 Å². The van der Waals surface area contributed by atoms with Crippen LogP contribution in [0.5, 0.6) is 0 Å². The molecule has 1 unspecified atom stereocenters. The van der Waals surface area contributed by atoms with Crippen molar-refractivity contribution >= 4 is 5.78 Å². The summed E-state index contributed by atoms with van der Waals surface area (Å²) in [5.41, 5.74) is 0. The molecule has 0 N–H and O–H groups in total. The molecule has 1 heterocycles. The monoisotopic (exact) mass is 225 g/mol. The van der Waals surface area contributed by atoms with Crippen LogP contribution in [-0.2, 0) is 4.79 Å². The molecule has 1 atom stereocenters. The van der Waals surface area contributed by atoms with E-state index in [1.165, 1.54) is 45.1 Å². The molecule has 0 saturated carbocycles. The minimum atomic E-state index is 0.451. The molecule has 0 radical (unpaired) electrons. The summed E-state index contributed by atoms with van der Waals surface area (Å²) in [6.07, 6.45) is 9.70. The summed E-state index contributed by atoms with van der Waals surface area (Å²) in [7, 11) is 0. The van der Waals surface area contributed by atoms with Gasteiger partial charge in [0.15, 0.2) is 0 Å². The predicted octanol–water partition coefficient (Wildman–Crippen LogP) is 3.40. The van der Waals surface area contributed by atoms with E-state index in [0.29, 0.717) is 11.8 Å². The summed E-state index contributed by atoms with van der Waals surface area (Å²) in [6.45, 7) is 6.64. The van der Waals surface area contributed by atoms with E-state index in [0.717, 1.165) is 19.4 Å². The standard InChI is InChI=1S/C14H27NO/c1-3-4-5-6-7-8-10-15-11-9-14(16)12-13(15)2/h13H,3-12H2,1-2H3. The molecule has 1 rings (SSSR count). The summed E-state index contributed by atoms with van der Waals surface area (Å²) in [5.74, 6) is 0.451. The summed E-state index contributed by atoms with van der Waals surface area (Å²) in [5, 5.41) is 0. The predicted molar refractivity (Wildman–Crippen MR) is 68.7 cm³/mol. The number of carbonyl (C=O) groups is 1. The van der Waals surface area contributed by atoms with Gasteiger partial charge in [-0.1, -0.05) is 39.0 Å². The van der Waals surface area contributed by atoms with Crippen molar-refractivity contribution in [1.29, 1.82) is 0 Å². The Morgan fingerprint density at radius 2 is 1.88 bits per heavy atom. The number of unbranched alkanes of at least 4 members (excludes halogenated alkanes) is 5. The highest BCUT2D eigenvalue weighted by Gasteiger charge is 2.22. The van der Waals surface area contributed by atoms with E-state index >= 15 is 0 Å². The van der Waals surface area contributed by atoms with E-state index in [1.54, 1.807) is 0 Å². The van der Waals surface area contributed by atoms with Crippen molar-refractivity contribution in [2.45, 2.75) is 71.3 Å². The number of Topliss-reactive ketones (excluding diaryl/α,β-unsaturated/α-hetero) is 1. The molecule has 1 fully saturated rings. The third kappa shape index (κ3) is 5.11. The van der Waals surface area contributed by atoms with Gasteiger partial charge in [-0.15, -0.1) is 0 Å². The average Bonchev–Trinajstić information content (AvgIpc) is 2.26.